The number of benzene rings is 2. The molecule has 21 heavy (non-hydrogen) atoms. The molecule has 106 valence electrons. The van der Waals surface area contributed by atoms with Gasteiger partial charge in [0.1, 0.15) is 0 Å². The van der Waals surface area contributed by atoms with E-state index < -0.39 is 0 Å². The molecule has 2 nitrogen and oxygen atoms in total. The lowest BCUT2D eigenvalue weighted by atomic mass is 10.1. The second-order valence-electron chi connectivity index (χ2n) is 5.11. The van der Waals surface area contributed by atoms with E-state index in [4.69, 9.17) is 0 Å². The van der Waals surface area contributed by atoms with Crippen LogP contribution in [-0.4, -0.2) is 4.98 Å². The van der Waals surface area contributed by atoms with E-state index in [0.717, 1.165) is 11.4 Å². The van der Waals surface area contributed by atoms with Crippen LogP contribution in [-0.2, 0) is 0 Å². The van der Waals surface area contributed by atoms with Crippen molar-refractivity contribution in [2.45, 2.75) is 19.9 Å². The third-order valence-corrected chi connectivity index (χ3v) is 4.66. The standard InChI is InChI=1S/C18H18N2S/c1-13-18(21-12-19-13)14(2)20-17-10-8-16(9-11-17)15-6-4-3-5-7-15/h3-12,14,20H,1-2H3. The Kier molecular flexibility index (Phi) is 4.02. The molecule has 0 saturated carbocycles. The van der Waals surface area contributed by atoms with Crippen LogP contribution < -0.4 is 5.32 Å². The predicted octanol–water partition coefficient (Wildman–Crippen LogP) is 5.29. The fraction of sp³-hybridized carbons (Fsp3) is 0.167. The van der Waals surface area contributed by atoms with Gasteiger partial charge in [0.25, 0.3) is 0 Å². The number of hydrogen-bond acceptors (Lipinski definition) is 3. The van der Waals surface area contributed by atoms with E-state index in [-0.39, 0.29) is 6.04 Å². The van der Waals surface area contributed by atoms with E-state index in [2.05, 4.69) is 72.7 Å². The summed E-state index contributed by atoms with van der Waals surface area (Å²) >= 11 is 1.70. The molecule has 0 radical (unpaired) electrons. The Hall–Kier alpha value is -2.13. The largest absolute Gasteiger partial charge is 0.378 e. The Morgan fingerprint density at radius 3 is 2.24 bits per heavy atom. The maximum absolute atomic E-state index is 4.31. The third kappa shape index (κ3) is 3.14. The topological polar surface area (TPSA) is 24.9 Å². The summed E-state index contributed by atoms with van der Waals surface area (Å²) in [6.45, 7) is 4.23. The summed E-state index contributed by atoms with van der Waals surface area (Å²) in [5.41, 5.74) is 6.63. The fourth-order valence-electron chi connectivity index (χ4n) is 2.43. The molecule has 0 amide bonds. The van der Waals surface area contributed by atoms with Crippen molar-refractivity contribution in [2.24, 2.45) is 0 Å². The normalized spacial score (nSPS) is 12.1. The summed E-state index contributed by atoms with van der Waals surface area (Å²) in [4.78, 5) is 5.61. The van der Waals surface area contributed by atoms with Gasteiger partial charge in [0.2, 0.25) is 0 Å². The van der Waals surface area contributed by atoms with Gasteiger partial charge in [-0.1, -0.05) is 42.5 Å². The highest BCUT2D eigenvalue weighted by atomic mass is 32.1. The molecule has 3 heteroatoms. The molecule has 3 rings (SSSR count). The lowest BCUT2D eigenvalue weighted by Crippen LogP contribution is -2.06. The van der Waals surface area contributed by atoms with E-state index in [0.29, 0.717) is 0 Å². The van der Waals surface area contributed by atoms with Crippen molar-refractivity contribution < 1.29 is 0 Å². The summed E-state index contributed by atoms with van der Waals surface area (Å²) in [7, 11) is 0. The van der Waals surface area contributed by atoms with Crippen molar-refractivity contribution >= 4 is 17.0 Å². The van der Waals surface area contributed by atoms with Crippen LogP contribution in [0.2, 0.25) is 0 Å². The SMILES string of the molecule is Cc1ncsc1C(C)Nc1ccc(-c2ccccc2)cc1. The van der Waals surface area contributed by atoms with Crippen LogP contribution in [0.25, 0.3) is 11.1 Å². The molecule has 0 aliphatic rings. The molecule has 3 aromatic rings. The summed E-state index contributed by atoms with van der Waals surface area (Å²) in [6, 6.07) is 19.3. The van der Waals surface area contributed by atoms with Gasteiger partial charge in [-0.25, -0.2) is 4.98 Å². The Morgan fingerprint density at radius 1 is 0.952 bits per heavy atom. The van der Waals surface area contributed by atoms with Gasteiger partial charge in [0.05, 0.1) is 17.2 Å². The molecule has 0 fully saturated rings. The quantitative estimate of drug-likeness (QED) is 0.707. The lowest BCUT2D eigenvalue weighted by molar-refractivity contribution is 0.890. The molecule has 0 saturated heterocycles. The van der Waals surface area contributed by atoms with Crippen LogP contribution >= 0.6 is 11.3 Å². The fourth-order valence-corrected chi connectivity index (χ4v) is 3.24. The molecule has 1 atom stereocenters. The molecule has 0 bridgehead atoms. The number of anilines is 1. The highest BCUT2D eigenvalue weighted by Gasteiger charge is 2.10. The van der Waals surface area contributed by atoms with E-state index >= 15 is 0 Å². The molecule has 1 N–H and O–H groups in total. The summed E-state index contributed by atoms with van der Waals surface area (Å²) in [5, 5.41) is 3.53. The Morgan fingerprint density at radius 2 is 1.62 bits per heavy atom. The minimum atomic E-state index is 0.278. The lowest BCUT2D eigenvalue weighted by Gasteiger charge is -2.14. The first-order valence-corrected chi connectivity index (χ1v) is 7.94. The first-order valence-electron chi connectivity index (χ1n) is 7.06. The molecule has 1 aromatic heterocycles. The molecule has 0 aliphatic heterocycles. The van der Waals surface area contributed by atoms with Crippen molar-refractivity contribution in [3.8, 4) is 11.1 Å². The van der Waals surface area contributed by atoms with Gasteiger partial charge in [-0.15, -0.1) is 11.3 Å². The maximum atomic E-state index is 4.31. The molecule has 0 spiro atoms. The molecule has 1 unspecified atom stereocenters. The van der Waals surface area contributed by atoms with Crippen LogP contribution in [0.4, 0.5) is 5.69 Å². The van der Waals surface area contributed by atoms with E-state index in [9.17, 15) is 0 Å². The average molecular weight is 294 g/mol. The zero-order valence-electron chi connectivity index (χ0n) is 12.2. The minimum Gasteiger partial charge on any atom is -0.378 e. The van der Waals surface area contributed by atoms with Crippen molar-refractivity contribution in [3.63, 3.8) is 0 Å². The van der Waals surface area contributed by atoms with Crippen LogP contribution in [0.15, 0.2) is 60.1 Å². The summed E-state index contributed by atoms with van der Waals surface area (Å²) in [6.07, 6.45) is 0. The number of nitrogens with one attached hydrogen (secondary N) is 1. The van der Waals surface area contributed by atoms with Gasteiger partial charge in [-0.05, 0) is 37.1 Å². The number of rotatable bonds is 4. The van der Waals surface area contributed by atoms with Crippen molar-refractivity contribution in [1.82, 2.24) is 4.98 Å². The zero-order chi connectivity index (χ0) is 14.7. The summed E-state index contributed by atoms with van der Waals surface area (Å²) in [5.74, 6) is 0. The molecular weight excluding hydrogens is 276 g/mol. The van der Waals surface area contributed by atoms with Crippen LogP contribution in [0.3, 0.4) is 0 Å². The van der Waals surface area contributed by atoms with Crippen molar-refractivity contribution in [1.29, 1.82) is 0 Å². The second kappa shape index (κ2) is 6.10. The second-order valence-corrected chi connectivity index (χ2v) is 6.00. The molecule has 2 aromatic carbocycles. The van der Waals surface area contributed by atoms with Crippen LogP contribution in [0.1, 0.15) is 23.5 Å². The van der Waals surface area contributed by atoms with E-state index in [1.165, 1.54) is 16.0 Å². The first-order chi connectivity index (χ1) is 10.2. The van der Waals surface area contributed by atoms with E-state index in [1.54, 1.807) is 11.3 Å². The number of thiazole rings is 1. The molecule has 0 aliphatic carbocycles. The van der Waals surface area contributed by atoms with Gasteiger partial charge in [-0.2, -0.15) is 0 Å². The minimum absolute atomic E-state index is 0.278. The third-order valence-electron chi connectivity index (χ3n) is 3.55. The summed E-state index contributed by atoms with van der Waals surface area (Å²) < 4.78 is 0. The average Bonchev–Trinajstić information content (AvgIpc) is 2.95. The molecule has 1 heterocycles. The predicted molar refractivity (Wildman–Crippen MR) is 90.8 cm³/mol. The van der Waals surface area contributed by atoms with Gasteiger partial charge in [0.15, 0.2) is 0 Å². The van der Waals surface area contributed by atoms with Crippen molar-refractivity contribution in [3.05, 3.63) is 70.7 Å². The number of nitrogens with zero attached hydrogens (tertiary/aromatic N) is 1. The Bertz CT molecular complexity index is 702. The first kappa shape index (κ1) is 13.8. The van der Waals surface area contributed by atoms with Gasteiger partial charge in [-0.3, -0.25) is 0 Å². The van der Waals surface area contributed by atoms with Gasteiger partial charge >= 0.3 is 0 Å². The molecular formula is C18H18N2S. The van der Waals surface area contributed by atoms with Crippen LogP contribution in [0.5, 0.6) is 0 Å². The maximum Gasteiger partial charge on any atom is 0.0798 e. The van der Waals surface area contributed by atoms with Gasteiger partial charge < -0.3 is 5.32 Å². The number of hydrogen-bond donors (Lipinski definition) is 1. The number of aryl methyl sites for hydroxylation is 1. The smallest absolute Gasteiger partial charge is 0.0798 e. The monoisotopic (exact) mass is 294 g/mol. The van der Waals surface area contributed by atoms with Crippen molar-refractivity contribution in [2.75, 3.05) is 5.32 Å². The highest BCUT2D eigenvalue weighted by Crippen LogP contribution is 2.26. The van der Waals surface area contributed by atoms with E-state index in [1.807, 2.05) is 11.6 Å². The number of aromatic nitrogens is 1. The van der Waals surface area contributed by atoms with Gasteiger partial charge in [0, 0.05) is 10.6 Å². The zero-order valence-corrected chi connectivity index (χ0v) is 13.0. The highest BCUT2D eigenvalue weighted by molar-refractivity contribution is 7.09. The Labute approximate surface area is 129 Å². The van der Waals surface area contributed by atoms with Crippen LogP contribution in [0, 0.1) is 6.92 Å². The Balaban J connectivity index is 1.75.